The average molecular weight is 341 g/mol. The van der Waals surface area contributed by atoms with Gasteiger partial charge in [-0.25, -0.2) is 8.78 Å². The number of nitrogens with zero attached hydrogens (tertiary/aromatic N) is 3. The Morgan fingerprint density at radius 3 is 2.26 bits per heavy atom. The van der Waals surface area contributed by atoms with E-state index in [0.717, 1.165) is 20.7 Å². The van der Waals surface area contributed by atoms with E-state index in [4.69, 9.17) is 0 Å². The van der Waals surface area contributed by atoms with Crippen LogP contribution in [-0.2, 0) is 10.2 Å². The van der Waals surface area contributed by atoms with E-state index in [2.05, 4.69) is 4.98 Å². The zero-order valence-electron chi connectivity index (χ0n) is 12.9. The van der Waals surface area contributed by atoms with E-state index < -0.39 is 27.9 Å². The van der Waals surface area contributed by atoms with Gasteiger partial charge in [0.25, 0.3) is 10.2 Å². The van der Waals surface area contributed by atoms with Crippen LogP contribution in [0.15, 0.2) is 42.7 Å². The molecule has 1 atom stereocenters. The first kappa shape index (κ1) is 17.5. The van der Waals surface area contributed by atoms with Crippen molar-refractivity contribution in [3.63, 3.8) is 0 Å². The van der Waals surface area contributed by atoms with Crippen LogP contribution in [0.5, 0.6) is 0 Å². The fourth-order valence-corrected chi connectivity index (χ4v) is 3.25. The zero-order valence-corrected chi connectivity index (χ0v) is 13.8. The summed E-state index contributed by atoms with van der Waals surface area (Å²) < 4.78 is 53.8. The van der Waals surface area contributed by atoms with Crippen LogP contribution < -0.4 is 0 Å². The van der Waals surface area contributed by atoms with Crippen LogP contribution in [0.3, 0.4) is 0 Å². The van der Waals surface area contributed by atoms with Gasteiger partial charge in [-0.3, -0.25) is 4.98 Å². The quantitative estimate of drug-likeness (QED) is 0.838. The number of benzene rings is 1. The van der Waals surface area contributed by atoms with Crippen molar-refractivity contribution < 1.29 is 17.2 Å². The highest BCUT2D eigenvalue weighted by atomic mass is 32.2. The summed E-state index contributed by atoms with van der Waals surface area (Å²) in [5.74, 6) is -2.02. The molecule has 0 aliphatic heterocycles. The second-order valence-corrected chi connectivity index (χ2v) is 7.37. The van der Waals surface area contributed by atoms with E-state index in [-0.39, 0.29) is 0 Å². The summed E-state index contributed by atoms with van der Waals surface area (Å²) in [6.07, 6.45) is 3.04. The largest absolute Gasteiger partial charge is 0.282 e. The highest BCUT2D eigenvalue weighted by molar-refractivity contribution is 7.86. The molecular formula is C15H17F2N3O2S. The molecule has 23 heavy (non-hydrogen) atoms. The van der Waals surface area contributed by atoms with E-state index in [1.807, 2.05) is 0 Å². The number of aromatic nitrogens is 1. The van der Waals surface area contributed by atoms with Crippen molar-refractivity contribution in [3.8, 4) is 0 Å². The van der Waals surface area contributed by atoms with Gasteiger partial charge in [0.05, 0.1) is 6.04 Å². The van der Waals surface area contributed by atoms with Crippen LogP contribution in [0.4, 0.5) is 8.78 Å². The Bertz CT molecular complexity index is 783. The number of rotatable bonds is 5. The lowest BCUT2D eigenvalue weighted by Crippen LogP contribution is -2.40. The summed E-state index contributed by atoms with van der Waals surface area (Å²) in [6, 6.07) is 5.83. The van der Waals surface area contributed by atoms with Crippen LogP contribution in [0.25, 0.3) is 0 Å². The van der Waals surface area contributed by atoms with Gasteiger partial charge in [0.1, 0.15) is 0 Å². The van der Waals surface area contributed by atoms with Gasteiger partial charge in [-0.15, -0.1) is 0 Å². The van der Waals surface area contributed by atoms with Gasteiger partial charge in [0.2, 0.25) is 0 Å². The molecule has 0 aliphatic rings. The summed E-state index contributed by atoms with van der Waals surface area (Å²) in [6.45, 7) is 0. The second kappa shape index (κ2) is 6.69. The third-order valence-electron chi connectivity index (χ3n) is 3.45. The lowest BCUT2D eigenvalue weighted by atomic mass is 10.0. The fourth-order valence-electron chi connectivity index (χ4n) is 2.22. The first-order chi connectivity index (χ1) is 10.7. The Morgan fingerprint density at radius 2 is 1.74 bits per heavy atom. The monoisotopic (exact) mass is 341 g/mol. The van der Waals surface area contributed by atoms with Gasteiger partial charge in [0.15, 0.2) is 11.6 Å². The molecule has 8 heteroatoms. The Labute approximate surface area is 134 Å². The van der Waals surface area contributed by atoms with Gasteiger partial charge in [-0.1, -0.05) is 12.1 Å². The number of halogens is 2. The maximum Gasteiger partial charge on any atom is 0.282 e. The van der Waals surface area contributed by atoms with E-state index in [1.165, 1.54) is 33.4 Å². The molecule has 1 heterocycles. The minimum Gasteiger partial charge on any atom is -0.264 e. The lowest BCUT2D eigenvalue weighted by Gasteiger charge is -2.30. The van der Waals surface area contributed by atoms with Gasteiger partial charge >= 0.3 is 0 Å². The molecule has 1 aromatic heterocycles. The maximum absolute atomic E-state index is 13.6. The molecular weight excluding hydrogens is 324 g/mol. The number of pyridine rings is 1. The summed E-state index contributed by atoms with van der Waals surface area (Å²) >= 11 is 0. The van der Waals surface area contributed by atoms with Crippen LogP contribution in [0.1, 0.15) is 17.2 Å². The fraction of sp³-hybridized carbons (Fsp3) is 0.267. The first-order valence-electron chi connectivity index (χ1n) is 6.75. The number of hydrogen-bond acceptors (Lipinski definition) is 3. The Morgan fingerprint density at radius 1 is 1.04 bits per heavy atom. The van der Waals surface area contributed by atoms with Gasteiger partial charge < -0.3 is 0 Å². The van der Waals surface area contributed by atoms with Crippen molar-refractivity contribution in [1.29, 1.82) is 0 Å². The van der Waals surface area contributed by atoms with Crippen LogP contribution in [0.2, 0.25) is 0 Å². The molecule has 0 bridgehead atoms. The van der Waals surface area contributed by atoms with Crippen molar-refractivity contribution in [2.75, 3.05) is 21.1 Å². The summed E-state index contributed by atoms with van der Waals surface area (Å²) in [4.78, 5) is 3.98. The molecule has 0 fully saturated rings. The SMILES string of the molecule is CN(C)S(=O)(=O)N(C)[C@H](c1cccnc1)c1ccc(F)c(F)c1. The van der Waals surface area contributed by atoms with Gasteiger partial charge in [-0.2, -0.15) is 17.0 Å². The van der Waals surface area contributed by atoms with Crippen molar-refractivity contribution >= 4 is 10.2 Å². The summed E-state index contributed by atoms with van der Waals surface area (Å²) in [5, 5.41) is 0. The smallest absolute Gasteiger partial charge is 0.264 e. The van der Waals surface area contributed by atoms with Crippen LogP contribution >= 0.6 is 0 Å². The molecule has 0 N–H and O–H groups in total. The minimum atomic E-state index is -3.77. The van der Waals surface area contributed by atoms with E-state index >= 15 is 0 Å². The molecule has 0 unspecified atom stereocenters. The molecule has 0 amide bonds. The van der Waals surface area contributed by atoms with Crippen molar-refractivity contribution in [2.45, 2.75) is 6.04 Å². The highest BCUT2D eigenvalue weighted by Crippen LogP contribution is 2.30. The molecule has 5 nitrogen and oxygen atoms in total. The van der Waals surface area contributed by atoms with Crippen LogP contribution in [0, 0.1) is 11.6 Å². The third kappa shape index (κ3) is 3.54. The Kier molecular flexibility index (Phi) is 5.08. The van der Waals surface area contributed by atoms with Crippen molar-refractivity contribution in [1.82, 2.24) is 13.6 Å². The normalized spacial score (nSPS) is 13.5. The van der Waals surface area contributed by atoms with E-state index in [0.29, 0.717) is 11.1 Å². The zero-order chi connectivity index (χ0) is 17.2. The standard InChI is InChI=1S/C15H17F2N3O2S/c1-19(2)23(21,22)20(3)15(12-5-4-8-18-10-12)11-6-7-13(16)14(17)9-11/h4-10,15H,1-3H3/t15-/m0/s1. The average Bonchev–Trinajstić information content (AvgIpc) is 2.51. The van der Waals surface area contributed by atoms with Gasteiger partial charge in [0, 0.05) is 33.5 Å². The second-order valence-electron chi connectivity index (χ2n) is 5.17. The molecule has 1 aromatic carbocycles. The lowest BCUT2D eigenvalue weighted by molar-refractivity contribution is 0.377. The minimum absolute atomic E-state index is 0.310. The van der Waals surface area contributed by atoms with Gasteiger partial charge in [-0.05, 0) is 29.3 Å². The summed E-state index contributed by atoms with van der Waals surface area (Å²) in [7, 11) is 0.411. The van der Waals surface area contributed by atoms with Crippen molar-refractivity contribution in [2.24, 2.45) is 0 Å². The van der Waals surface area contributed by atoms with E-state index in [1.54, 1.807) is 18.3 Å². The molecule has 2 rings (SSSR count). The van der Waals surface area contributed by atoms with Crippen LogP contribution in [-0.4, -0.2) is 43.2 Å². The molecule has 0 aliphatic carbocycles. The number of hydrogen-bond donors (Lipinski definition) is 0. The molecule has 0 saturated heterocycles. The third-order valence-corrected chi connectivity index (χ3v) is 5.31. The first-order valence-corrected chi connectivity index (χ1v) is 8.15. The molecule has 124 valence electrons. The predicted molar refractivity (Wildman–Crippen MR) is 82.8 cm³/mol. The Hall–Kier alpha value is -1.90. The molecule has 2 aromatic rings. The Balaban J connectivity index is 2.59. The molecule has 0 spiro atoms. The topological polar surface area (TPSA) is 53.5 Å². The summed E-state index contributed by atoms with van der Waals surface area (Å²) in [5.41, 5.74) is 0.858. The molecule has 0 saturated carbocycles. The van der Waals surface area contributed by atoms with Crippen molar-refractivity contribution in [3.05, 3.63) is 65.5 Å². The maximum atomic E-state index is 13.6. The van der Waals surface area contributed by atoms with E-state index in [9.17, 15) is 17.2 Å². The molecule has 0 radical (unpaired) electrons. The predicted octanol–water partition coefficient (Wildman–Crippen LogP) is 2.19. The highest BCUT2D eigenvalue weighted by Gasteiger charge is 2.31.